The Labute approximate surface area is 131 Å². The highest BCUT2D eigenvalue weighted by atomic mass is 35.5. The first kappa shape index (κ1) is 15.9. The quantitative estimate of drug-likeness (QED) is 0.565. The molecule has 0 saturated carbocycles. The number of fused-ring (bicyclic) bond motifs is 1. The van der Waals surface area contributed by atoms with Gasteiger partial charge in [0.1, 0.15) is 0 Å². The van der Waals surface area contributed by atoms with E-state index in [2.05, 4.69) is 18.1 Å². The minimum absolute atomic E-state index is 0.109. The Morgan fingerprint density at radius 3 is 2.48 bits per heavy atom. The zero-order valence-electron chi connectivity index (χ0n) is 12.3. The van der Waals surface area contributed by atoms with Gasteiger partial charge in [0.15, 0.2) is 11.5 Å². The van der Waals surface area contributed by atoms with E-state index in [1.807, 2.05) is 30.4 Å². The van der Waals surface area contributed by atoms with E-state index in [4.69, 9.17) is 21.1 Å². The average molecular weight is 308 g/mol. The van der Waals surface area contributed by atoms with Gasteiger partial charge in [-0.1, -0.05) is 18.2 Å². The molecule has 1 aromatic rings. The lowest BCUT2D eigenvalue weighted by atomic mass is 10.1. The Bertz CT molecular complexity index is 480. The second-order valence-electron chi connectivity index (χ2n) is 5.02. The highest BCUT2D eigenvalue weighted by Gasteiger charge is 2.16. The van der Waals surface area contributed by atoms with Gasteiger partial charge in [0.2, 0.25) is 0 Å². The molecule has 0 amide bonds. The highest BCUT2D eigenvalue weighted by molar-refractivity contribution is 6.21. The smallest absolute Gasteiger partial charge is 0.161 e. The molecule has 0 aliphatic carbocycles. The number of hydrogen-bond donors (Lipinski definition) is 0. The van der Waals surface area contributed by atoms with Crippen molar-refractivity contribution in [3.8, 4) is 11.5 Å². The van der Waals surface area contributed by atoms with Crippen LogP contribution in [-0.4, -0.2) is 37.7 Å². The molecule has 1 atom stereocenters. The van der Waals surface area contributed by atoms with Crippen LogP contribution in [0.1, 0.15) is 17.4 Å². The van der Waals surface area contributed by atoms with Gasteiger partial charge in [0.05, 0.1) is 18.6 Å². The van der Waals surface area contributed by atoms with E-state index >= 15 is 0 Å². The third kappa shape index (κ3) is 4.51. The van der Waals surface area contributed by atoms with E-state index in [9.17, 15) is 0 Å². The summed E-state index contributed by atoms with van der Waals surface area (Å²) in [4.78, 5) is 2.20. The molecule has 1 unspecified atom stereocenters. The monoisotopic (exact) mass is 307 g/mol. The van der Waals surface area contributed by atoms with Crippen LogP contribution >= 0.6 is 11.6 Å². The van der Waals surface area contributed by atoms with Crippen LogP contribution in [0.25, 0.3) is 0 Å². The van der Waals surface area contributed by atoms with Crippen LogP contribution in [0.15, 0.2) is 43.5 Å². The summed E-state index contributed by atoms with van der Waals surface area (Å²) in [6.45, 7) is 11.2. The van der Waals surface area contributed by atoms with Gasteiger partial charge in [-0.25, -0.2) is 0 Å². The van der Waals surface area contributed by atoms with Gasteiger partial charge in [-0.15, -0.1) is 24.8 Å². The van der Waals surface area contributed by atoms with E-state index in [0.29, 0.717) is 13.2 Å². The summed E-state index contributed by atoms with van der Waals surface area (Å²) in [5, 5.41) is -0.109. The second-order valence-corrected chi connectivity index (χ2v) is 5.55. The van der Waals surface area contributed by atoms with Gasteiger partial charge >= 0.3 is 0 Å². The second kappa shape index (κ2) is 8.11. The van der Waals surface area contributed by atoms with Crippen LogP contribution in [0.2, 0.25) is 0 Å². The lowest BCUT2D eigenvalue weighted by molar-refractivity contribution is 0.297. The van der Waals surface area contributed by atoms with Crippen LogP contribution in [0, 0.1) is 0 Å². The maximum atomic E-state index is 6.55. The van der Waals surface area contributed by atoms with Gasteiger partial charge in [0, 0.05) is 26.1 Å². The zero-order chi connectivity index (χ0) is 15.1. The summed E-state index contributed by atoms with van der Waals surface area (Å²) < 4.78 is 11.3. The number of alkyl halides is 1. The molecule has 0 radical (unpaired) electrons. The number of rotatable bonds is 7. The average Bonchev–Trinajstić information content (AvgIpc) is 2.72. The summed E-state index contributed by atoms with van der Waals surface area (Å²) in [5.74, 6) is 1.59. The van der Waals surface area contributed by atoms with Crippen molar-refractivity contribution >= 4 is 11.6 Å². The Hall–Kier alpha value is -1.45. The summed E-state index contributed by atoms with van der Waals surface area (Å²) >= 11 is 6.55. The molecule has 0 saturated heterocycles. The number of halogens is 1. The SMILES string of the molecule is C=CCN(CC=C)CC(Cl)c1ccc2c(c1)OCCCO2. The minimum Gasteiger partial charge on any atom is -0.490 e. The van der Waals surface area contributed by atoms with E-state index in [-0.39, 0.29) is 5.38 Å². The highest BCUT2D eigenvalue weighted by Crippen LogP contribution is 2.34. The molecule has 21 heavy (non-hydrogen) atoms. The van der Waals surface area contributed by atoms with Gasteiger partial charge in [-0.05, 0) is 17.7 Å². The van der Waals surface area contributed by atoms with Crippen molar-refractivity contribution in [2.45, 2.75) is 11.8 Å². The fourth-order valence-corrected chi connectivity index (χ4v) is 2.63. The Balaban J connectivity index is 2.07. The zero-order valence-corrected chi connectivity index (χ0v) is 13.0. The fraction of sp³-hybridized carbons (Fsp3) is 0.412. The third-order valence-electron chi connectivity index (χ3n) is 3.33. The molecule has 0 fully saturated rings. The molecule has 114 valence electrons. The summed E-state index contributed by atoms with van der Waals surface area (Å²) in [5.41, 5.74) is 1.04. The van der Waals surface area contributed by atoms with E-state index in [1.165, 1.54) is 0 Å². The Morgan fingerprint density at radius 1 is 1.14 bits per heavy atom. The van der Waals surface area contributed by atoms with Crippen LogP contribution in [0.3, 0.4) is 0 Å². The van der Waals surface area contributed by atoms with Crippen LogP contribution in [-0.2, 0) is 0 Å². The van der Waals surface area contributed by atoms with Crippen molar-refractivity contribution in [3.63, 3.8) is 0 Å². The molecule has 0 bridgehead atoms. The maximum Gasteiger partial charge on any atom is 0.161 e. The molecule has 1 aliphatic rings. The molecule has 0 aromatic heterocycles. The van der Waals surface area contributed by atoms with E-state index in [0.717, 1.165) is 43.1 Å². The van der Waals surface area contributed by atoms with Gasteiger partial charge in [-0.3, -0.25) is 4.90 Å². The van der Waals surface area contributed by atoms with E-state index in [1.54, 1.807) is 0 Å². The van der Waals surface area contributed by atoms with Crippen molar-refractivity contribution in [3.05, 3.63) is 49.1 Å². The molecular weight excluding hydrogens is 286 g/mol. The lowest BCUT2D eigenvalue weighted by Crippen LogP contribution is -2.27. The standard InChI is InChI=1S/C17H22ClNO2/c1-3-8-19(9-4-2)13-15(18)14-6-7-16-17(12-14)21-11-5-10-20-16/h3-4,6-7,12,15H,1-2,5,8-11,13H2. The van der Waals surface area contributed by atoms with Gasteiger partial charge < -0.3 is 9.47 Å². The number of nitrogens with zero attached hydrogens (tertiary/aromatic N) is 1. The molecule has 1 aromatic carbocycles. The van der Waals surface area contributed by atoms with Crippen molar-refractivity contribution < 1.29 is 9.47 Å². The summed E-state index contributed by atoms with van der Waals surface area (Å²) in [6, 6.07) is 5.93. The van der Waals surface area contributed by atoms with Crippen LogP contribution < -0.4 is 9.47 Å². The maximum absolute atomic E-state index is 6.55. The molecule has 1 aliphatic heterocycles. The first-order chi connectivity index (χ1) is 10.2. The molecule has 3 nitrogen and oxygen atoms in total. The van der Waals surface area contributed by atoms with Crippen molar-refractivity contribution in [2.24, 2.45) is 0 Å². The molecule has 1 heterocycles. The first-order valence-electron chi connectivity index (χ1n) is 7.22. The topological polar surface area (TPSA) is 21.7 Å². The predicted octanol–water partition coefficient (Wildman–Crippen LogP) is 3.80. The van der Waals surface area contributed by atoms with Crippen molar-refractivity contribution in [2.75, 3.05) is 32.8 Å². The van der Waals surface area contributed by atoms with Crippen LogP contribution in [0.4, 0.5) is 0 Å². The van der Waals surface area contributed by atoms with Crippen molar-refractivity contribution in [1.29, 1.82) is 0 Å². The van der Waals surface area contributed by atoms with Crippen molar-refractivity contribution in [1.82, 2.24) is 4.90 Å². The molecule has 0 N–H and O–H groups in total. The van der Waals surface area contributed by atoms with Gasteiger partial charge in [-0.2, -0.15) is 0 Å². The van der Waals surface area contributed by atoms with E-state index < -0.39 is 0 Å². The van der Waals surface area contributed by atoms with Crippen LogP contribution in [0.5, 0.6) is 11.5 Å². The lowest BCUT2D eigenvalue weighted by Gasteiger charge is -2.22. The molecule has 4 heteroatoms. The summed E-state index contributed by atoms with van der Waals surface area (Å²) in [7, 11) is 0. The van der Waals surface area contributed by atoms with Gasteiger partial charge in [0.25, 0.3) is 0 Å². The Kier molecular flexibility index (Phi) is 6.15. The molecule has 0 spiro atoms. The largest absolute Gasteiger partial charge is 0.490 e. The fourth-order valence-electron chi connectivity index (χ4n) is 2.30. The predicted molar refractivity (Wildman–Crippen MR) is 87.5 cm³/mol. The summed E-state index contributed by atoms with van der Waals surface area (Å²) in [6.07, 6.45) is 4.66. The minimum atomic E-state index is -0.109. The number of hydrogen-bond acceptors (Lipinski definition) is 3. The first-order valence-corrected chi connectivity index (χ1v) is 7.66. The molecule has 2 rings (SSSR count). The number of ether oxygens (including phenoxy) is 2. The normalized spacial score (nSPS) is 15.3. The Morgan fingerprint density at radius 2 is 1.81 bits per heavy atom. The number of benzene rings is 1. The molecular formula is C17H22ClNO2. The third-order valence-corrected chi connectivity index (χ3v) is 3.72.